The van der Waals surface area contributed by atoms with Gasteiger partial charge in [-0.25, -0.2) is 9.97 Å². The Morgan fingerprint density at radius 2 is 1.86 bits per heavy atom. The second-order valence-electron chi connectivity index (χ2n) is 5.94. The highest BCUT2D eigenvalue weighted by atomic mass is 32.2. The lowest BCUT2D eigenvalue weighted by atomic mass is 10.2. The van der Waals surface area contributed by atoms with E-state index in [1.165, 1.54) is 17.3 Å². The number of nitrogens with one attached hydrogen (secondary N) is 1. The van der Waals surface area contributed by atoms with E-state index in [2.05, 4.69) is 39.6 Å². The maximum Gasteiger partial charge on any atom is 0.234 e. The van der Waals surface area contributed by atoms with Crippen molar-refractivity contribution in [3.05, 3.63) is 78.5 Å². The predicted molar refractivity (Wildman–Crippen MR) is 119 cm³/mol. The standard InChI is InChI=1S/C21H17N3OS3/c25-19(14-26-20-8-4-5-11-22-20)23-16-9-10-17-18(12-16)28-21(24-17)27-13-15-6-2-1-3-7-15/h1-12H,13-14H2,(H,23,25). The normalized spacial score (nSPS) is 10.9. The molecule has 0 unspecified atom stereocenters. The molecule has 2 aromatic heterocycles. The van der Waals surface area contributed by atoms with Crippen molar-refractivity contribution in [1.29, 1.82) is 0 Å². The van der Waals surface area contributed by atoms with Crippen molar-refractivity contribution in [2.24, 2.45) is 0 Å². The van der Waals surface area contributed by atoms with E-state index in [1.54, 1.807) is 29.3 Å². The molecule has 2 aromatic carbocycles. The van der Waals surface area contributed by atoms with Crippen molar-refractivity contribution < 1.29 is 4.79 Å². The molecular weight excluding hydrogens is 406 g/mol. The molecule has 7 heteroatoms. The van der Waals surface area contributed by atoms with Gasteiger partial charge in [-0.15, -0.1) is 11.3 Å². The highest BCUT2D eigenvalue weighted by molar-refractivity contribution is 8.00. The van der Waals surface area contributed by atoms with Gasteiger partial charge in [0.2, 0.25) is 5.91 Å². The van der Waals surface area contributed by atoms with Crippen molar-refractivity contribution >= 4 is 56.7 Å². The van der Waals surface area contributed by atoms with Crippen molar-refractivity contribution in [1.82, 2.24) is 9.97 Å². The number of nitrogens with zero attached hydrogens (tertiary/aromatic N) is 2. The molecule has 4 aromatic rings. The largest absolute Gasteiger partial charge is 0.325 e. The molecule has 0 radical (unpaired) electrons. The summed E-state index contributed by atoms with van der Waals surface area (Å²) in [6, 6.07) is 21.9. The monoisotopic (exact) mass is 423 g/mol. The summed E-state index contributed by atoms with van der Waals surface area (Å²) >= 11 is 4.81. The fraction of sp³-hybridized carbons (Fsp3) is 0.0952. The number of carbonyl (C=O) groups excluding carboxylic acids is 1. The molecule has 140 valence electrons. The zero-order valence-corrected chi connectivity index (χ0v) is 17.3. The van der Waals surface area contributed by atoms with E-state index >= 15 is 0 Å². The number of aromatic nitrogens is 2. The molecule has 0 saturated carbocycles. The van der Waals surface area contributed by atoms with Crippen molar-refractivity contribution in [2.75, 3.05) is 11.1 Å². The van der Waals surface area contributed by atoms with Crippen LogP contribution >= 0.6 is 34.9 Å². The Hall–Kier alpha value is -2.35. The number of carbonyl (C=O) groups is 1. The third-order valence-corrected chi connectivity index (χ3v) is 7.02. The molecule has 0 atom stereocenters. The fourth-order valence-corrected chi connectivity index (χ4v) is 5.26. The summed E-state index contributed by atoms with van der Waals surface area (Å²) < 4.78 is 2.11. The molecular formula is C21H17N3OS3. The number of thioether (sulfide) groups is 2. The molecule has 0 aliphatic heterocycles. The minimum atomic E-state index is -0.0433. The van der Waals surface area contributed by atoms with E-state index in [1.807, 2.05) is 42.5 Å². The van der Waals surface area contributed by atoms with Crippen LogP contribution in [0.5, 0.6) is 0 Å². The average Bonchev–Trinajstić information content (AvgIpc) is 3.14. The number of hydrogen-bond acceptors (Lipinski definition) is 6. The van der Waals surface area contributed by atoms with Crippen LogP contribution in [0.25, 0.3) is 10.2 Å². The molecule has 4 nitrogen and oxygen atoms in total. The molecule has 4 rings (SSSR count). The van der Waals surface area contributed by atoms with Gasteiger partial charge in [-0.2, -0.15) is 0 Å². The summed E-state index contributed by atoms with van der Waals surface area (Å²) in [6.07, 6.45) is 1.73. The number of amides is 1. The maximum absolute atomic E-state index is 12.2. The smallest absolute Gasteiger partial charge is 0.234 e. The van der Waals surface area contributed by atoms with E-state index in [-0.39, 0.29) is 5.91 Å². The summed E-state index contributed by atoms with van der Waals surface area (Å²) in [5.74, 6) is 1.18. The van der Waals surface area contributed by atoms with Crippen molar-refractivity contribution in [3.8, 4) is 0 Å². The van der Waals surface area contributed by atoms with E-state index in [4.69, 9.17) is 0 Å². The van der Waals surface area contributed by atoms with Crippen LogP contribution in [0.2, 0.25) is 0 Å². The summed E-state index contributed by atoms with van der Waals surface area (Å²) in [5, 5.41) is 3.80. The second kappa shape index (κ2) is 9.23. The average molecular weight is 424 g/mol. The number of thiazole rings is 1. The third kappa shape index (κ3) is 5.13. The van der Waals surface area contributed by atoms with Crippen LogP contribution in [-0.4, -0.2) is 21.6 Å². The second-order valence-corrected chi connectivity index (χ2v) is 9.19. The highest BCUT2D eigenvalue weighted by Gasteiger charge is 2.08. The topological polar surface area (TPSA) is 54.9 Å². The van der Waals surface area contributed by atoms with Crippen LogP contribution in [0.1, 0.15) is 5.56 Å². The van der Waals surface area contributed by atoms with Gasteiger partial charge >= 0.3 is 0 Å². The molecule has 0 saturated heterocycles. The van der Waals surface area contributed by atoms with Gasteiger partial charge in [0, 0.05) is 17.6 Å². The number of rotatable bonds is 7. The van der Waals surface area contributed by atoms with Gasteiger partial charge in [-0.3, -0.25) is 4.79 Å². The van der Waals surface area contributed by atoms with Crippen LogP contribution in [0.3, 0.4) is 0 Å². The fourth-order valence-electron chi connectivity index (χ4n) is 2.53. The zero-order chi connectivity index (χ0) is 19.2. The highest BCUT2D eigenvalue weighted by Crippen LogP contribution is 2.33. The van der Waals surface area contributed by atoms with Crippen LogP contribution in [0.4, 0.5) is 5.69 Å². The molecule has 28 heavy (non-hydrogen) atoms. The van der Waals surface area contributed by atoms with Gasteiger partial charge in [0.15, 0.2) is 4.34 Å². The molecule has 0 bridgehead atoms. The lowest BCUT2D eigenvalue weighted by Gasteiger charge is -2.04. The molecule has 1 amide bonds. The van der Waals surface area contributed by atoms with Gasteiger partial charge < -0.3 is 5.32 Å². The molecule has 0 fully saturated rings. The van der Waals surface area contributed by atoms with Crippen LogP contribution < -0.4 is 5.32 Å². The Labute approximate surface area is 175 Å². The summed E-state index contributed by atoms with van der Waals surface area (Å²) in [6.45, 7) is 0. The lowest BCUT2D eigenvalue weighted by Crippen LogP contribution is -2.13. The third-order valence-electron chi connectivity index (χ3n) is 3.85. The molecule has 1 N–H and O–H groups in total. The Morgan fingerprint density at radius 3 is 2.68 bits per heavy atom. The van der Waals surface area contributed by atoms with E-state index in [0.29, 0.717) is 5.75 Å². The first-order valence-corrected chi connectivity index (χ1v) is 11.5. The Balaban J connectivity index is 1.36. The van der Waals surface area contributed by atoms with E-state index in [0.717, 1.165) is 31.0 Å². The summed E-state index contributed by atoms with van der Waals surface area (Å²) in [5.41, 5.74) is 3.04. The minimum absolute atomic E-state index is 0.0433. The summed E-state index contributed by atoms with van der Waals surface area (Å²) in [7, 11) is 0. The molecule has 0 spiro atoms. The van der Waals surface area contributed by atoms with Gasteiger partial charge in [0.25, 0.3) is 0 Å². The SMILES string of the molecule is O=C(CSc1ccccn1)Nc1ccc2nc(SCc3ccccc3)sc2c1. The minimum Gasteiger partial charge on any atom is -0.325 e. The molecule has 0 aliphatic rings. The quantitative estimate of drug-likeness (QED) is 0.386. The Morgan fingerprint density at radius 1 is 1.00 bits per heavy atom. The first-order valence-electron chi connectivity index (χ1n) is 8.67. The number of pyridine rings is 1. The lowest BCUT2D eigenvalue weighted by molar-refractivity contribution is -0.113. The molecule has 0 aliphatic carbocycles. The van der Waals surface area contributed by atoms with Crippen molar-refractivity contribution in [2.45, 2.75) is 15.1 Å². The van der Waals surface area contributed by atoms with Gasteiger partial charge in [0.05, 0.1) is 21.0 Å². The summed E-state index contributed by atoms with van der Waals surface area (Å²) in [4.78, 5) is 21.1. The number of benzene rings is 2. The van der Waals surface area contributed by atoms with E-state index < -0.39 is 0 Å². The van der Waals surface area contributed by atoms with Crippen LogP contribution in [0, 0.1) is 0 Å². The van der Waals surface area contributed by atoms with Gasteiger partial charge in [-0.1, -0.05) is 59.9 Å². The first kappa shape index (κ1) is 19.0. The number of fused-ring (bicyclic) bond motifs is 1. The Bertz CT molecular complexity index is 1070. The van der Waals surface area contributed by atoms with Gasteiger partial charge in [0.1, 0.15) is 0 Å². The Kier molecular flexibility index (Phi) is 6.26. The number of anilines is 1. The zero-order valence-electron chi connectivity index (χ0n) is 14.9. The molecule has 2 heterocycles. The maximum atomic E-state index is 12.2. The van der Waals surface area contributed by atoms with Crippen molar-refractivity contribution in [3.63, 3.8) is 0 Å². The number of hydrogen-bond donors (Lipinski definition) is 1. The first-order chi connectivity index (χ1) is 13.8. The van der Waals surface area contributed by atoms with Crippen LogP contribution in [-0.2, 0) is 10.5 Å². The van der Waals surface area contributed by atoms with Crippen LogP contribution in [0.15, 0.2) is 82.3 Å². The van der Waals surface area contributed by atoms with Gasteiger partial charge in [-0.05, 0) is 35.9 Å². The van der Waals surface area contributed by atoms with E-state index in [9.17, 15) is 4.79 Å². The predicted octanol–water partition coefficient (Wildman–Crippen LogP) is 5.71.